The molecule has 2 heterocycles. The standard InChI is InChI=1S/C10H20N2O2/c1-2-11-3-4-12(5-9(11)6-13)10-7-14-8-10/h9-10,13H,2-8H2,1H3. The lowest BCUT2D eigenvalue weighted by molar-refractivity contribution is -0.0897. The first kappa shape index (κ1) is 10.4. The number of aliphatic hydroxyl groups excluding tert-OH is 1. The first-order valence-electron chi connectivity index (χ1n) is 5.51. The molecule has 4 heteroatoms. The summed E-state index contributed by atoms with van der Waals surface area (Å²) in [6, 6.07) is 0.942. The minimum absolute atomic E-state index is 0.276. The third-order valence-corrected chi connectivity index (χ3v) is 3.39. The zero-order valence-corrected chi connectivity index (χ0v) is 8.85. The van der Waals surface area contributed by atoms with Crippen molar-refractivity contribution in [3.63, 3.8) is 0 Å². The van der Waals surface area contributed by atoms with E-state index in [1.807, 2.05) is 0 Å². The molecule has 1 unspecified atom stereocenters. The van der Waals surface area contributed by atoms with Crippen molar-refractivity contribution in [3.8, 4) is 0 Å². The van der Waals surface area contributed by atoms with Crippen molar-refractivity contribution in [2.75, 3.05) is 46.0 Å². The molecule has 0 amide bonds. The number of hydrogen-bond acceptors (Lipinski definition) is 4. The van der Waals surface area contributed by atoms with E-state index in [-0.39, 0.29) is 6.61 Å². The average molecular weight is 200 g/mol. The minimum atomic E-state index is 0.276. The van der Waals surface area contributed by atoms with Gasteiger partial charge in [-0.25, -0.2) is 0 Å². The molecule has 4 nitrogen and oxygen atoms in total. The summed E-state index contributed by atoms with van der Waals surface area (Å²) in [4.78, 5) is 4.81. The van der Waals surface area contributed by atoms with Gasteiger partial charge in [0.2, 0.25) is 0 Å². The van der Waals surface area contributed by atoms with E-state index < -0.39 is 0 Å². The van der Waals surface area contributed by atoms with Crippen molar-refractivity contribution in [2.24, 2.45) is 0 Å². The Morgan fingerprint density at radius 3 is 2.64 bits per heavy atom. The number of rotatable bonds is 3. The molecule has 2 rings (SSSR count). The molecule has 0 aromatic rings. The second-order valence-corrected chi connectivity index (χ2v) is 4.15. The molecular formula is C10H20N2O2. The van der Waals surface area contributed by atoms with E-state index in [9.17, 15) is 5.11 Å². The topological polar surface area (TPSA) is 35.9 Å². The fraction of sp³-hybridized carbons (Fsp3) is 1.00. The van der Waals surface area contributed by atoms with E-state index in [0.29, 0.717) is 12.1 Å². The van der Waals surface area contributed by atoms with Crippen LogP contribution in [0.25, 0.3) is 0 Å². The molecule has 1 atom stereocenters. The molecule has 0 aliphatic carbocycles. The normalized spacial score (nSPS) is 31.7. The molecule has 2 saturated heterocycles. The largest absolute Gasteiger partial charge is 0.395 e. The number of likely N-dealkylation sites (N-methyl/N-ethyl adjacent to an activating group) is 1. The Hall–Kier alpha value is -0.160. The summed E-state index contributed by atoms with van der Waals surface area (Å²) >= 11 is 0. The molecule has 0 saturated carbocycles. The zero-order valence-electron chi connectivity index (χ0n) is 8.85. The van der Waals surface area contributed by atoms with E-state index in [2.05, 4.69) is 16.7 Å². The molecule has 1 N–H and O–H groups in total. The number of nitrogens with zero attached hydrogens (tertiary/aromatic N) is 2. The Morgan fingerprint density at radius 1 is 1.36 bits per heavy atom. The minimum Gasteiger partial charge on any atom is -0.395 e. The molecule has 82 valence electrons. The van der Waals surface area contributed by atoms with Gasteiger partial charge in [0.15, 0.2) is 0 Å². The van der Waals surface area contributed by atoms with Gasteiger partial charge in [-0.1, -0.05) is 6.92 Å². The molecule has 0 aromatic carbocycles. The van der Waals surface area contributed by atoms with Crippen LogP contribution in [0.2, 0.25) is 0 Å². The second kappa shape index (κ2) is 4.57. The highest BCUT2D eigenvalue weighted by molar-refractivity contribution is 4.87. The van der Waals surface area contributed by atoms with Crippen molar-refractivity contribution in [2.45, 2.75) is 19.0 Å². The van der Waals surface area contributed by atoms with Crippen molar-refractivity contribution in [1.82, 2.24) is 9.80 Å². The Balaban J connectivity index is 1.86. The fourth-order valence-electron chi connectivity index (χ4n) is 2.27. The summed E-state index contributed by atoms with van der Waals surface area (Å²) in [6.07, 6.45) is 0. The van der Waals surface area contributed by atoms with Gasteiger partial charge >= 0.3 is 0 Å². The second-order valence-electron chi connectivity index (χ2n) is 4.15. The zero-order chi connectivity index (χ0) is 9.97. The number of aliphatic hydroxyl groups is 1. The van der Waals surface area contributed by atoms with E-state index in [4.69, 9.17) is 4.74 Å². The van der Waals surface area contributed by atoms with Gasteiger partial charge in [-0.15, -0.1) is 0 Å². The highest BCUT2D eigenvalue weighted by Crippen LogP contribution is 2.16. The van der Waals surface area contributed by atoms with Crippen LogP contribution in [0.1, 0.15) is 6.92 Å². The Bertz CT molecular complexity index is 185. The Kier molecular flexibility index (Phi) is 3.38. The van der Waals surface area contributed by atoms with Gasteiger partial charge in [0.1, 0.15) is 0 Å². The molecule has 14 heavy (non-hydrogen) atoms. The van der Waals surface area contributed by atoms with Gasteiger partial charge in [-0.2, -0.15) is 0 Å². The van der Waals surface area contributed by atoms with Crippen molar-refractivity contribution >= 4 is 0 Å². The van der Waals surface area contributed by atoms with Crippen molar-refractivity contribution in [3.05, 3.63) is 0 Å². The van der Waals surface area contributed by atoms with Crippen LogP contribution in [0, 0.1) is 0 Å². The van der Waals surface area contributed by atoms with Crippen LogP contribution in [-0.2, 0) is 4.74 Å². The maximum absolute atomic E-state index is 9.28. The molecular weight excluding hydrogens is 180 g/mol. The van der Waals surface area contributed by atoms with Gasteiger partial charge in [0.05, 0.1) is 25.9 Å². The summed E-state index contributed by atoms with van der Waals surface area (Å²) in [7, 11) is 0. The third kappa shape index (κ3) is 1.93. The van der Waals surface area contributed by atoms with Crippen LogP contribution in [0.5, 0.6) is 0 Å². The summed E-state index contributed by atoms with van der Waals surface area (Å²) in [6.45, 7) is 8.44. The summed E-state index contributed by atoms with van der Waals surface area (Å²) in [5.74, 6) is 0. The van der Waals surface area contributed by atoms with Crippen LogP contribution < -0.4 is 0 Å². The van der Waals surface area contributed by atoms with Crippen LogP contribution >= 0.6 is 0 Å². The maximum Gasteiger partial charge on any atom is 0.0645 e. The lowest BCUT2D eigenvalue weighted by Gasteiger charge is -2.45. The van der Waals surface area contributed by atoms with Crippen molar-refractivity contribution < 1.29 is 9.84 Å². The summed E-state index contributed by atoms with van der Waals surface area (Å²) < 4.78 is 5.19. The van der Waals surface area contributed by atoms with Crippen LogP contribution in [0.4, 0.5) is 0 Å². The highest BCUT2D eigenvalue weighted by atomic mass is 16.5. The van der Waals surface area contributed by atoms with Crippen LogP contribution in [0.15, 0.2) is 0 Å². The molecule has 2 aliphatic rings. The SMILES string of the molecule is CCN1CCN(C2COC2)CC1CO. The first-order chi connectivity index (χ1) is 6.85. The average Bonchev–Trinajstić information content (AvgIpc) is 2.15. The summed E-state index contributed by atoms with van der Waals surface area (Å²) in [5.41, 5.74) is 0. The van der Waals surface area contributed by atoms with Crippen LogP contribution in [0.3, 0.4) is 0 Å². The molecule has 0 spiro atoms. The molecule has 2 aliphatic heterocycles. The maximum atomic E-state index is 9.28. The number of hydrogen-bond donors (Lipinski definition) is 1. The predicted molar refractivity (Wildman–Crippen MR) is 54.3 cm³/mol. The molecule has 0 bridgehead atoms. The summed E-state index contributed by atoms with van der Waals surface area (Å²) in [5, 5.41) is 9.28. The van der Waals surface area contributed by atoms with Gasteiger partial charge in [-0.05, 0) is 6.54 Å². The Morgan fingerprint density at radius 2 is 2.14 bits per heavy atom. The van der Waals surface area contributed by atoms with E-state index >= 15 is 0 Å². The van der Waals surface area contributed by atoms with Gasteiger partial charge in [0.25, 0.3) is 0 Å². The van der Waals surface area contributed by atoms with Gasteiger partial charge < -0.3 is 9.84 Å². The lowest BCUT2D eigenvalue weighted by atomic mass is 10.1. The highest BCUT2D eigenvalue weighted by Gasteiger charge is 2.32. The quantitative estimate of drug-likeness (QED) is 0.659. The van der Waals surface area contributed by atoms with E-state index in [1.165, 1.54) is 0 Å². The predicted octanol–water partition coefficient (Wildman–Crippen LogP) is -0.616. The van der Waals surface area contributed by atoms with Gasteiger partial charge in [0, 0.05) is 25.7 Å². The number of piperazine rings is 1. The fourth-order valence-corrected chi connectivity index (χ4v) is 2.27. The van der Waals surface area contributed by atoms with E-state index in [0.717, 1.165) is 39.4 Å². The van der Waals surface area contributed by atoms with Crippen LogP contribution in [-0.4, -0.2) is 73.0 Å². The Labute approximate surface area is 85.4 Å². The molecule has 2 fully saturated rings. The van der Waals surface area contributed by atoms with Gasteiger partial charge in [-0.3, -0.25) is 9.80 Å². The molecule has 0 radical (unpaired) electrons. The smallest absolute Gasteiger partial charge is 0.0645 e. The monoisotopic (exact) mass is 200 g/mol. The first-order valence-corrected chi connectivity index (χ1v) is 5.51. The molecule has 0 aromatic heterocycles. The van der Waals surface area contributed by atoms with E-state index in [1.54, 1.807) is 0 Å². The third-order valence-electron chi connectivity index (χ3n) is 3.39. The lowest BCUT2D eigenvalue weighted by Crippen LogP contribution is -2.60. The van der Waals surface area contributed by atoms with Crippen molar-refractivity contribution in [1.29, 1.82) is 0 Å². The number of ether oxygens (including phenoxy) is 1.